The van der Waals surface area contributed by atoms with Crippen molar-refractivity contribution in [2.24, 2.45) is 11.7 Å². The highest BCUT2D eigenvalue weighted by atomic mass is 19.3. The van der Waals surface area contributed by atoms with E-state index in [0.29, 0.717) is 37.5 Å². The fourth-order valence-electron chi connectivity index (χ4n) is 3.99. The fourth-order valence-corrected chi connectivity index (χ4v) is 3.99. The average molecular weight is 494 g/mol. The molecule has 1 saturated heterocycles. The Morgan fingerprint density at radius 1 is 1.26 bits per heavy atom. The first-order valence-corrected chi connectivity index (χ1v) is 11.7. The molecule has 0 radical (unpaired) electrons. The Labute approximate surface area is 201 Å². The summed E-state index contributed by atoms with van der Waals surface area (Å²) in [7, 11) is 0. The highest BCUT2D eigenvalue weighted by Crippen LogP contribution is 2.37. The number of amides is 1. The third kappa shape index (κ3) is 5.72. The van der Waals surface area contributed by atoms with Crippen LogP contribution in [0, 0.1) is 5.92 Å². The summed E-state index contributed by atoms with van der Waals surface area (Å²) in [6.07, 6.45) is 3.20. The van der Waals surface area contributed by atoms with Crippen LogP contribution in [0.2, 0.25) is 0 Å². The zero-order chi connectivity index (χ0) is 25.1. The van der Waals surface area contributed by atoms with Gasteiger partial charge in [-0.3, -0.25) is 4.79 Å². The molecule has 1 aromatic heterocycles. The maximum Gasteiger partial charge on any atom is 0.387 e. The first kappa shape index (κ1) is 24.9. The summed E-state index contributed by atoms with van der Waals surface area (Å²) >= 11 is 0. The molecule has 1 amide bonds. The van der Waals surface area contributed by atoms with E-state index in [0.717, 1.165) is 12.8 Å². The van der Waals surface area contributed by atoms with Gasteiger partial charge in [-0.15, -0.1) is 0 Å². The fraction of sp³-hybridized carbons (Fsp3) is 0.542. The van der Waals surface area contributed by atoms with E-state index in [4.69, 9.17) is 19.6 Å². The van der Waals surface area contributed by atoms with E-state index in [2.05, 4.69) is 9.72 Å². The van der Waals surface area contributed by atoms with Crippen molar-refractivity contribution in [3.63, 3.8) is 0 Å². The molecule has 2 N–H and O–H groups in total. The first-order chi connectivity index (χ1) is 16.8. The van der Waals surface area contributed by atoms with E-state index in [1.807, 2.05) is 0 Å². The van der Waals surface area contributed by atoms with E-state index < -0.39 is 30.6 Å². The smallest absolute Gasteiger partial charge is 0.387 e. The van der Waals surface area contributed by atoms with E-state index in [1.54, 1.807) is 13.8 Å². The molecule has 2 aromatic rings. The number of halogens is 2. The summed E-state index contributed by atoms with van der Waals surface area (Å²) in [5, 5.41) is 0. The lowest BCUT2D eigenvalue weighted by Gasteiger charge is -2.22. The number of carbonyl (C=O) groups excluding carboxylic acids is 2. The molecule has 0 unspecified atom stereocenters. The summed E-state index contributed by atoms with van der Waals surface area (Å²) < 4.78 is 47.0. The zero-order valence-corrected chi connectivity index (χ0v) is 19.7. The molecule has 1 aliphatic heterocycles. The van der Waals surface area contributed by atoms with Crippen LogP contribution in [-0.4, -0.2) is 54.2 Å². The largest absolute Gasteiger partial charge is 0.489 e. The summed E-state index contributed by atoms with van der Waals surface area (Å²) in [6, 6.07) is 2.97. The summed E-state index contributed by atoms with van der Waals surface area (Å²) in [6.45, 7) is 1.32. The van der Waals surface area contributed by atoms with Gasteiger partial charge >= 0.3 is 12.6 Å². The number of nitrogens with zero attached hydrogens (tertiary/aromatic N) is 2. The Bertz CT molecular complexity index is 1070. The molecule has 11 heteroatoms. The van der Waals surface area contributed by atoms with Crippen molar-refractivity contribution in [2.45, 2.75) is 58.2 Å². The maximum absolute atomic E-state index is 13.4. The van der Waals surface area contributed by atoms with Gasteiger partial charge in [0.15, 0.2) is 23.0 Å². The topological polar surface area (TPSA) is 117 Å². The number of hydrogen-bond acceptors (Lipinski definition) is 8. The number of esters is 1. The van der Waals surface area contributed by atoms with Crippen LogP contribution >= 0.6 is 0 Å². The Kier molecular flexibility index (Phi) is 7.54. The van der Waals surface area contributed by atoms with Gasteiger partial charge in [-0.2, -0.15) is 8.78 Å². The Morgan fingerprint density at radius 3 is 2.69 bits per heavy atom. The Morgan fingerprint density at radius 2 is 2.03 bits per heavy atom. The standard InChI is InChI=1S/C24H29F2N3O6/c1-3-32-23(31)16-5-4-10-29(16)22(30)19-20(13(2)27)35-21(28-19)15-8-9-17(34-24(25)26)18(11-15)33-12-14-6-7-14/h8-9,11,13-14,16,24H,3-7,10,12,27H2,1-2H3/t13-,16-/m0/s1. The molecule has 2 heterocycles. The number of aromatic nitrogens is 1. The second-order valence-corrected chi connectivity index (χ2v) is 8.72. The summed E-state index contributed by atoms with van der Waals surface area (Å²) in [4.78, 5) is 31.5. The van der Waals surface area contributed by atoms with Crippen LogP contribution in [0.3, 0.4) is 0 Å². The van der Waals surface area contributed by atoms with Crippen molar-refractivity contribution in [3.05, 3.63) is 29.7 Å². The maximum atomic E-state index is 13.4. The number of hydrogen-bond donors (Lipinski definition) is 1. The van der Waals surface area contributed by atoms with Crippen LogP contribution in [-0.2, 0) is 9.53 Å². The van der Waals surface area contributed by atoms with Gasteiger partial charge in [0.1, 0.15) is 6.04 Å². The minimum absolute atomic E-state index is 0.000413. The lowest BCUT2D eigenvalue weighted by atomic mass is 10.2. The quantitative estimate of drug-likeness (QED) is 0.495. The molecule has 0 spiro atoms. The molecule has 35 heavy (non-hydrogen) atoms. The Balaban J connectivity index is 1.64. The normalized spacial score (nSPS) is 18.6. The van der Waals surface area contributed by atoms with Gasteiger partial charge in [-0.1, -0.05) is 0 Å². The number of nitrogens with two attached hydrogens (primary N) is 1. The van der Waals surface area contributed by atoms with E-state index >= 15 is 0 Å². The molecule has 1 aliphatic carbocycles. The van der Waals surface area contributed by atoms with Crippen molar-refractivity contribution in [3.8, 4) is 23.0 Å². The minimum atomic E-state index is -3.01. The first-order valence-electron chi connectivity index (χ1n) is 11.7. The average Bonchev–Trinajstić information content (AvgIpc) is 3.32. The molecule has 1 aromatic carbocycles. The molecular weight excluding hydrogens is 464 g/mol. The molecule has 190 valence electrons. The van der Waals surface area contributed by atoms with E-state index in [-0.39, 0.29) is 35.5 Å². The van der Waals surface area contributed by atoms with Gasteiger partial charge in [-0.05, 0) is 63.6 Å². The summed E-state index contributed by atoms with van der Waals surface area (Å²) in [5.74, 6) is -0.289. The van der Waals surface area contributed by atoms with Crippen LogP contribution in [0.4, 0.5) is 8.78 Å². The van der Waals surface area contributed by atoms with Crippen molar-refractivity contribution < 1.29 is 37.0 Å². The van der Waals surface area contributed by atoms with Gasteiger partial charge < -0.3 is 29.3 Å². The second kappa shape index (κ2) is 10.6. The van der Waals surface area contributed by atoms with Crippen LogP contribution in [0.1, 0.15) is 61.8 Å². The van der Waals surface area contributed by atoms with E-state index in [1.165, 1.54) is 23.1 Å². The molecule has 2 aliphatic rings. The predicted octanol–water partition coefficient (Wildman–Crippen LogP) is 3.92. The lowest BCUT2D eigenvalue weighted by Crippen LogP contribution is -2.42. The number of likely N-dealkylation sites (tertiary alicyclic amines) is 1. The van der Waals surface area contributed by atoms with Crippen LogP contribution in [0.25, 0.3) is 11.5 Å². The van der Waals surface area contributed by atoms with Gasteiger partial charge in [-0.25, -0.2) is 9.78 Å². The van der Waals surface area contributed by atoms with Gasteiger partial charge in [0.2, 0.25) is 5.89 Å². The SMILES string of the molecule is CCOC(=O)[C@@H]1CCCN1C(=O)c1nc(-c2ccc(OC(F)F)c(OCC3CC3)c2)oc1[C@H](C)N. The molecule has 1 saturated carbocycles. The van der Waals surface area contributed by atoms with Crippen molar-refractivity contribution in [2.75, 3.05) is 19.8 Å². The second-order valence-electron chi connectivity index (χ2n) is 8.72. The molecule has 4 rings (SSSR count). The summed E-state index contributed by atoms with van der Waals surface area (Å²) in [5.41, 5.74) is 6.46. The van der Waals surface area contributed by atoms with Gasteiger partial charge in [0.25, 0.3) is 5.91 Å². The molecule has 9 nitrogen and oxygen atoms in total. The monoisotopic (exact) mass is 493 g/mol. The minimum Gasteiger partial charge on any atom is -0.489 e. The molecule has 2 fully saturated rings. The molecule has 0 bridgehead atoms. The van der Waals surface area contributed by atoms with E-state index in [9.17, 15) is 18.4 Å². The zero-order valence-electron chi connectivity index (χ0n) is 19.7. The number of benzene rings is 1. The number of ether oxygens (including phenoxy) is 3. The highest BCUT2D eigenvalue weighted by Gasteiger charge is 2.38. The molecular formula is C24H29F2N3O6. The third-order valence-electron chi connectivity index (χ3n) is 5.92. The number of rotatable bonds is 10. The Hall–Kier alpha value is -3.21. The van der Waals surface area contributed by atoms with Crippen molar-refractivity contribution >= 4 is 11.9 Å². The molecule has 2 atom stereocenters. The number of alkyl halides is 2. The van der Waals surface area contributed by atoms with Crippen molar-refractivity contribution in [1.29, 1.82) is 0 Å². The third-order valence-corrected chi connectivity index (χ3v) is 5.92. The van der Waals surface area contributed by atoms with Crippen LogP contribution in [0.5, 0.6) is 11.5 Å². The van der Waals surface area contributed by atoms with Gasteiger partial charge in [0, 0.05) is 12.1 Å². The van der Waals surface area contributed by atoms with Gasteiger partial charge in [0.05, 0.1) is 19.3 Å². The van der Waals surface area contributed by atoms with Crippen LogP contribution < -0.4 is 15.2 Å². The number of carbonyl (C=O) groups is 2. The highest BCUT2D eigenvalue weighted by molar-refractivity contribution is 5.97. The van der Waals surface area contributed by atoms with Crippen molar-refractivity contribution in [1.82, 2.24) is 9.88 Å². The van der Waals surface area contributed by atoms with Crippen LogP contribution in [0.15, 0.2) is 22.6 Å². The number of oxazole rings is 1. The predicted molar refractivity (Wildman–Crippen MR) is 120 cm³/mol. The lowest BCUT2D eigenvalue weighted by molar-refractivity contribution is -0.147.